The second-order valence-corrected chi connectivity index (χ2v) is 5.45. The maximum atomic E-state index is 12.1. The molecule has 3 aromatic rings. The molecule has 2 aromatic carbocycles. The minimum atomic E-state index is -0.189. The lowest BCUT2D eigenvalue weighted by molar-refractivity contribution is 0.0946. The minimum Gasteiger partial charge on any atom is -0.343 e. The number of benzene rings is 2. The highest BCUT2D eigenvalue weighted by molar-refractivity contribution is 6.33. The van der Waals surface area contributed by atoms with Gasteiger partial charge < -0.3 is 9.84 Å². The second kappa shape index (κ2) is 6.62. The summed E-state index contributed by atoms with van der Waals surface area (Å²) in [6.07, 6.45) is 0. The van der Waals surface area contributed by atoms with Crippen LogP contribution < -0.4 is 5.32 Å². The average molecular weight is 328 g/mol. The van der Waals surface area contributed by atoms with Gasteiger partial charge in [0.2, 0.25) is 11.7 Å². The van der Waals surface area contributed by atoms with Crippen LogP contribution >= 0.6 is 11.6 Å². The first-order chi connectivity index (χ1) is 11.1. The van der Waals surface area contributed by atoms with Crippen LogP contribution in [0.4, 0.5) is 0 Å². The molecule has 116 valence electrons. The second-order valence-electron chi connectivity index (χ2n) is 5.04. The molecular weight excluding hydrogens is 314 g/mol. The molecule has 0 bridgehead atoms. The Kier molecular flexibility index (Phi) is 4.39. The van der Waals surface area contributed by atoms with Gasteiger partial charge in [-0.05, 0) is 31.2 Å². The predicted octanol–water partition coefficient (Wildman–Crippen LogP) is 3.63. The molecule has 0 aliphatic heterocycles. The number of aryl methyl sites for hydroxylation is 1. The van der Waals surface area contributed by atoms with Crippen molar-refractivity contribution in [1.29, 1.82) is 0 Å². The monoisotopic (exact) mass is 327 g/mol. The number of rotatable bonds is 4. The fourth-order valence-electron chi connectivity index (χ4n) is 2.12. The van der Waals surface area contributed by atoms with E-state index in [2.05, 4.69) is 15.5 Å². The molecule has 0 aliphatic rings. The van der Waals surface area contributed by atoms with E-state index in [1.165, 1.54) is 0 Å². The molecule has 1 N–H and O–H groups in total. The zero-order chi connectivity index (χ0) is 16.2. The van der Waals surface area contributed by atoms with Crippen molar-refractivity contribution in [1.82, 2.24) is 15.5 Å². The molecule has 3 rings (SSSR count). The molecule has 0 radical (unpaired) electrons. The fourth-order valence-corrected chi connectivity index (χ4v) is 2.34. The molecule has 5 nitrogen and oxygen atoms in total. The summed E-state index contributed by atoms with van der Waals surface area (Å²) in [6.45, 7) is 2.09. The van der Waals surface area contributed by atoms with Crippen LogP contribution in [0.5, 0.6) is 0 Å². The van der Waals surface area contributed by atoms with E-state index in [9.17, 15) is 4.79 Å². The Morgan fingerprint density at radius 3 is 2.83 bits per heavy atom. The molecule has 1 amide bonds. The number of carbonyl (C=O) groups is 1. The highest BCUT2D eigenvalue weighted by Crippen LogP contribution is 2.24. The van der Waals surface area contributed by atoms with Crippen LogP contribution in [-0.2, 0) is 6.54 Å². The van der Waals surface area contributed by atoms with Gasteiger partial charge in [0, 0.05) is 11.1 Å². The largest absolute Gasteiger partial charge is 0.343 e. The number of amides is 1. The highest BCUT2D eigenvalue weighted by atomic mass is 35.5. The Balaban J connectivity index is 1.68. The van der Waals surface area contributed by atoms with E-state index in [0.717, 1.165) is 5.56 Å². The third kappa shape index (κ3) is 3.57. The van der Waals surface area contributed by atoms with E-state index in [4.69, 9.17) is 16.1 Å². The number of carbonyl (C=O) groups excluding carboxylic acids is 1. The Hall–Kier alpha value is -2.66. The molecule has 23 heavy (non-hydrogen) atoms. The van der Waals surface area contributed by atoms with Gasteiger partial charge in [-0.2, -0.15) is 4.98 Å². The Morgan fingerprint density at radius 1 is 1.22 bits per heavy atom. The van der Waals surface area contributed by atoms with Gasteiger partial charge in [-0.25, -0.2) is 0 Å². The lowest BCUT2D eigenvalue weighted by Gasteiger charge is -2.03. The van der Waals surface area contributed by atoms with Crippen LogP contribution in [0, 0.1) is 6.92 Å². The molecule has 0 saturated carbocycles. The first kappa shape index (κ1) is 15.2. The van der Waals surface area contributed by atoms with E-state index in [1.807, 2.05) is 43.3 Å². The first-order valence-electron chi connectivity index (χ1n) is 7.06. The van der Waals surface area contributed by atoms with Crippen LogP contribution in [-0.4, -0.2) is 16.0 Å². The molecule has 0 saturated heterocycles. The van der Waals surface area contributed by atoms with E-state index < -0.39 is 0 Å². The summed E-state index contributed by atoms with van der Waals surface area (Å²) < 4.78 is 5.15. The molecule has 1 heterocycles. The van der Waals surface area contributed by atoms with E-state index in [0.29, 0.717) is 27.9 Å². The summed E-state index contributed by atoms with van der Waals surface area (Å²) in [5.41, 5.74) is 2.31. The van der Waals surface area contributed by atoms with Crippen LogP contribution in [0.1, 0.15) is 21.8 Å². The van der Waals surface area contributed by atoms with Crippen molar-refractivity contribution in [2.45, 2.75) is 13.5 Å². The molecule has 0 atom stereocenters. The Labute approximate surface area is 138 Å². The highest BCUT2D eigenvalue weighted by Gasteiger charge is 2.12. The smallest absolute Gasteiger partial charge is 0.251 e. The minimum absolute atomic E-state index is 0.157. The van der Waals surface area contributed by atoms with E-state index in [1.54, 1.807) is 12.1 Å². The standard InChI is InChI=1S/C17H14ClN3O2/c1-11-5-4-6-12(9-11)17(22)19-10-15-20-16(21-23-15)13-7-2-3-8-14(13)18/h2-9H,10H2,1H3,(H,19,22). The number of hydrogen-bond acceptors (Lipinski definition) is 4. The molecule has 6 heteroatoms. The van der Waals surface area contributed by atoms with Gasteiger partial charge in [0.05, 0.1) is 11.6 Å². The zero-order valence-corrected chi connectivity index (χ0v) is 13.2. The lowest BCUT2D eigenvalue weighted by atomic mass is 10.1. The molecule has 1 aromatic heterocycles. The van der Waals surface area contributed by atoms with Crippen molar-refractivity contribution in [2.24, 2.45) is 0 Å². The van der Waals surface area contributed by atoms with Crippen molar-refractivity contribution in [2.75, 3.05) is 0 Å². The predicted molar refractivity (Wildman–Crippen MR) is 87.1 cm³/mol. The third-order valence-corrected chi connectivity index (χ3v) is 3.59. The topological polar surface area (TPSA) is 68.0 Å². The van der Waals surface area contributed by atoms with Gasteiger partial charge in [0.25, 0.3) is 5.91 Å². The molecule has 0 aliphatic carbocycles. The van der Waals surface area contributed by atoms with Gasteiger partial charge >= 0.3 is 0 Å². The molecular formula is C17H14ClN3O2. The molecule has 0 fully saturated rings. The summed E-state index contributed by atoms with van der Waals surface area (Å²) in [7, 11) is 0. The van der Waals surface area contributed by atoms with E-state index in [-0.39, 0.29) is 12.5 Å². The average Bonchev–Trinajstić information content (AvgIpc) is 3.02. The normalized spacial score (nSPS) is 10.5. The van der Waals surface area contributed by atoms with Crippen molar-refractivity contribution in [3.05, 3.63) is 70.6 Å². The Morgan fingerprint density at radius 2 is 2.04 bits per heavy atom. The van der Waals surface area contributed by atoms with Gasteiger partial charge in [-0.3, -0.25) is 4.79 Å². The van der Waals surface area contributed by atoms with Gasteiger partial charge in [-0.15, -0.1) is 0 Å². The summed E-state index contributed by atoms with van der Waals surface area (Å²) in [6, 6.07) is 14.6. The van der Waals surface area contributed by atoms with Gasteiger partial charge in [0.1, 0.15) is 0 Å². The number of nitrogens with one attached hydrogen (secondary N) is 1. The SMILES string of the molecule is Cc1cccc(C(=O)NCc2nc(-c3ccccc3Cl)no2)c1. The first-order valence-corrected chi connectivity index (χ1v) is 7.43. The van der Waals surface area contributed by atoms with Crippen molar-refractivity contribution in [3.63, 3.8) is 0 Å². The van der Waals surface area contributed by atoms with Crippen molar-refractivity contribution < 1.29 is 9.32 Å². The van der Waals surface area contributed by atoms with Gasteiger partial charge in [0.15, 0.2) is 0 Å². The maximum Gasteiger partial charge on any atom is 0.251 e. The summed E-state index contributed by atoms with van der Waals surface area (Å²) in [5, 5.41) is 7.19. The summed E-state index contributed by atoms with van der Waals surface area (Å²) in [4.78, 5) is 16.3. The Bertz CT molecular complexity index is 845. The summed E-state index contributed by atoms with van der Waals surface area (Å²) >= 11 is 6.10. The van der Waals surface area contributed by atoms with E-state index >= 15 is 0 Å². The number of nitrogens with zero attached hydrogens (tertiary/aromatic N) is 2. The maximum absolute atomic E-state index is 12.1. The number of halogens is 1. The summed E-state index contributed by atoms with van der Waals surface area (Å²) in [5.74, 6) is 0.530. The fraction of sp³-hybridized carbons (Fsp3) is 0.118. The zero-order valence-electron chi connectivity index (χ0n) is 12.4. The molecule has 0 unspecified atom stereocenters. The number of aromatic nitrogens is 2. The number of hydrogen-bond donors (Lipinski definition) is 1. The quantitative estimate of drug-likeness (QED) is 0.794. The van der Waals surface area contributed by atoms with Crippen LogP contribution in [0.25, 0.3) is 11.4 Å². The third-order valence-electron chi connectivity index (χ3n) is 3.26. The van der Waals surface area contributed by atoms with Crippen molar-refractivity contribution >= 4 is 17.5 Å². The van der Waals surface area contributed by atoms with Crippen LogP contribution in [0.15, 0.2) is 53.1 Å². The van der Waals surface area contributed by atoms with Crippen LogP contribution in [0.2, 0.25) is 5.02 Å². The van der Waals surface area contributed by atoms with Crippen molar-refractivity contribution in [3.8, 4) is 11.4 Å². The molecule has 0 spiro atoms. The van der Waals surface area contributed by atoms with Crippen LogP contribution in [0.3, 0.4) is 0 Å². The lowest BCUT2D eigenvalue weighted by Crippen LogP contribution is -2.22. The van der Waals surface area contributed by atoms with Gasteiger partial charge in [-0.1, -0.05) is 46.6 Å².